The number of fused-ring (bicyclic) bond motifs is 2. The zero-order valence-electron chi connectivity index (χ0n) is 18.7. The van der Waals surface area contributed by atoms with Crippen molar-refractivity contribution in [2.24, 2.45) is 0 Å². The van der Waals surface area contributed by atoms with Crippen LogP contribution in [-0.2, 0) is 0 Å². The van der Waals surface area contributed by atoms with Gasteiger partial charge in [0.1, 0.15) is 0 Å². The third kappa shape index (κ3) is 3.16. The lowest BCUT2D eigenvalue weighted by Gasteiger charge is -2.22. The number of rotatable bonds is 4. The Balaban J connectivity index is 1.96. The molecule has 0 bridgehead atoms. The Morgan fingerprint density at radius 3 is 1.31 bits per heavy atom. The van der Waals surface area contributed by atoms with Gasteiger partial charge in [0.25, 0.3) is 0 Å². The Labute approximate surface area is 190 Å². The van der Waals surface area contributed by atoms with Gasteiger partial charge in [-0.1, -0.05) is 110 Å². The van der Waals surface area contributed by atoms with Crippen LogP contribution in [0.4, 0.5) is 0 Å². The SMILES string of the molecule is C=C(c1ccccc1)c1c2cccc(C)c2c(C(=C)c2ccccc2)c2c(C)cccc12. The maximum atomic E-state index is 4.59. The van der Waals surface area contributed by atoms with Gasteiger partial charge in [-0.3, -0.25) is 0 Å². The summed E-state index contributed by atoms with van der Waals surface area (Å²) in [7, 11) is 0. The van der Waals surface area contributed by atoms with Crippen LogP contribution in [0.25, 0.3) is 32.7 Å². The lowest BCUT2D eigenvalue weighted by Crippen LogP contribution is -1.99. The number of hydrogen-bond donors (Lipinski definition) is 0. The minimum absolute atomic E-state index is 1.05. The van der Waals surface area contributed by atoms with Crippen molar-refractivity contribution in [1.29, 1.82) is 0 Å². The Bertz CT molecular complexity index is 1420. The first-order valence-electron chi connectivity index (χ1n) is 11.0. The molecule has 0 heteroatoms. The van der Waals surface area contributed by atoms with Gasteiger partial charge in [0.15, 0.2) is 0 Å². The molecule has 0 radical (unpaired) electrons. The van der Waals surface area contributed by atoms with Crippen molar-refractivity contribution < 1.29 is 0 Å². The molecule has 32 heavy (non-hydrogen) atoms. The van der Waals surface area contributed by atoms with Crippen molar-refractivity contribution in [3.63, 3.8) is 0 Å². The van der Waals surface area contributed by atoms with Gasteiger partial charge >= 0.3 is 0 Å². The highest BCUT2D eigenvalue weighted by Crippen LogP contribution is 2.44. The molecule has 0 aliphatic carbocycles. The second kappa shape index (κ2) is 7.98. The minimum atomic E-state index is 1.05. The van der Waals surface area contributed by atoms with E-state index >= 15 is 0 Å². The van der Waals surface area contributed by atoms with Crippen LogP contribution in [0.1, 0.15) is 33.4 Å². The summed E-state index contributed by atoms with van der Waals surface area (Å²) in [5.41, 5.74) is 9.34. The molecule has 0 saturated heterocycles. The van der Waals surface area contributed by atoms with E-state index in [-0.39, 0.29) is 0 Å². The van der Waals surface area contributed by atoms with Gasteiger partial charge in [-0.05, 0) is 79.9 Å². The summed E-state index contributed by atoms with van der Waals surface area (Å²) in [4.78, 5) is 0. The molecule has 0 aromatic heterocycles. The maximum Gasteiger partial charge on any atom is -0.00210 e. The van der Waals surface area contributed by atoms with E-state index < -0.39 is 0 Å². The molecule has 154 valence electrons. The second-order valence-electron chi connectivity index (χ2n) is 8.43. The summed E-state index contributed by atoms with van der Waals surface area (Å²) in [6.07, 6.45) is 0. The van der Waals surface area contributed by atoms with Gasteiger partial charge in [0.05, 0.1) is 0 Å². The van der Waals surface area contributed by atoms with E-state index in [0.29, 0.717) is 0 Å². The molecule has 0 spiro atoms. The van der Waals surface area contributed by atoms with E-state index in [4.69, 9.17) is 0 Å². The first-order valence-corrected chi connectivity index (χ1v) is 11.0. The lowest BCUT2D eigenvalue weighted by molar-refractivity contribution is 1.48. The molecule has 5 aromatic rings. The van der Waals surface area contributed by atoms with Gasteiger partial charge in [0, 0.05) is 0 Å². The van der Waals surface area contributed by atoms with E-state index in [2.05, 4.69) is 118 Å². The van der Waals surface area contributed by atoms with Crippen LogP contribution < -0.4 is 0 Å². The zero-order valence-corrected chi connectivity index (χ0v) is 18.7. The van der Waals surface area contributed by atoms with Gasteiger partial charge in [-0.25, -0.2) is 0 Å². The van der Waals surface area contributed by atoms with E-state index in [0.717, 1.165) is 22.3 Å². The first kappa shape index (κ1) is 20.0. The van der Waals surface area contributed by atoms with E-state index in [1.54, 1.807) is 0 Å². The summed E-state index contributed by atoms with van der Waals surface area (Å²) in [6.45, 7) is 13.5. The maximum absolute atomic E-state index is 4.59. The Morgan fingerprint density at radius 1 is 0.469 bits per heavy atom. The zero-order chi connectivity index (χ0) is 22.2. The van der Waals surface area contributed by atoms with E-state index in [9.17, 15) is 0 Å². The topological polar surface area (TPSA) is 0 Å². The first-order chi connectivity index (χ1) is 15.6. The van der Waals surface area contributed by atoms with Gasteiger partial charge in [-0.2, -0.15) is 0 Å². The van der Waals surface area contributed by atoms with E-state index in [1.165, 1.54) is 43.8 Å². The average Bonchev–Trinajstić information content (AvgIpc) is 2.83. The fraction of sp³-hybridized carbons (Fsp3) is 0.0625. The Hall–Kier alpha value is -3.90. The van der Waals surface area contributed by atoms with Crippen molar-refractivity contribution in [3.8, 4) is 0 Å². The van der Waals surface area contributed by atoms with Crippen molar-refractivity contribution in [2.45, 2.75) is 13.8 Å². The Morgan fingerprint density at radius 2 is 0.875 bits per heavy atom. The molecule has 0 saturated carbocycles. The van der Waals surface area contributed by atoms with Crippen LogP contribution >= 0.6 is 0 Å². The smallest absolute Gasteiger partial charge is 0.00210 e. The highest BCUT2D eigenvalue weighted by Gasteiger charge is 2.21. The van der Waals surface area contributed by atoms with Crippen molar-refractivity contribution in [2.75, 3.05) is 0 Å². The predicted octanol–water partition coefficient (Wildman–Crippen LogP) is 8.73. The fourth-order valence-corrected chi connectivity index (χ4v) is 4.88. The molecule has 0 heterocycles. The van der Waals surface area contributed by atoms with Crippen molar-refractivity contribution in [3.05, 3.63) is 144 Å². The second-order valence-corrected chi connectivity index (χ2v) is 8.43. The largest absolute Gasteiger partial charge is 0.0905 e. The highest BCUT2D eigenvalue weighted by atomic mass is 14.2. The predicted molar refractivity (Wildman–Crippen MR) is 140 cm³/mol. The summed E-state index contributed by atoms with van der Waals surface area (Å²) < 4.78 is 0. The standard InChI is InChI=1S/C32H26/c1-21-13-11-19-27-29(21)32(24(4)26-17-9-6-10-18-26)30-22(2)14-12-20-28(30)31(27)23(3)25-15-7-5-8-16-25/h5-20H,3-4H2,1-2H3. The number of benzene rings is 5. The summed E-state index contributed by atoms with van der Waals surface area (Å²) >= 11 is 0. The van der Waals surface area contributed by atoms with Crippen molar-refractivity contribution in [1.82, 2.24) is 0 Å². The number of hydrogen-bond acceptors (Lipinski definition) is 0. The molecular weight excluding hydrogens is 384 g/mol. The molecule has 0 amide bonds. The molecule has 0 unspecified atom stereocenters. The molecule has 0 nitrogen and oxygen atoms in total. The average molecular weight is 411 g/mol. The molecular formula is C32H26. The van der Waals surface area contributed by atoms with E-state index in [1.807, 2.05) is 6.07 Å². The van der Waals surface area contributed by atoms with Crippen LogP contribution in [0.2, 0.25) is 0 Å². The van der Waals surface area contributed by atoms with Crippen molar-refractivity contribution >= 4 is 32.7 Å². The van der Waals surface area contributed by atoms with Crippen LogP contribution in [0, 0.1) is 13.8 Å². The molecule has 0 atom stereocenters. The molecule has 0 N–H and O–H groups in total. The minimum Gasteiger partial charge on any atom is -0.0905 e. The van der Waals surface area contributed by atoms with Crippen LogP contribution in [0.3, 0.4) is 0 Å². The fourth-order valence-electron chi connectivity index (χ4n) is 4.88. The van der Waals surface area contributed by atoms with Gasteiger partial charge in [-0.15, -0.1) is 0 Å². The summed E-state index contributed by atoms with van der Waals surface area (Å²) in [5, 5.41) is 4.97. The monoisotopic (exact) mass is 410 g/mol. The molecule has 0 aliphatic rings. The van der Waals surface area contributed by atoms with Gasteiger partial charge < -0.3 is 0 Å². The number of aryl methyl sites for hydroxylation is 2. The lowest BCUT2D eigenvalue weighted by atomic mass is 9.81. The quantitative estimate of drug-likeness (QED) is 0.260. The van der Waals surface area contributed by atoms with Crippen LogP contribution in [0.15, 0.2) is 110 Å². The molecule has 0 aliphatic heterocycles. The summed E-state index contributed by atoms with van der Waals surface area (Å²) in [6, 6.07) is 34.1. The third-order valence-electron chi connectivity index (χ3n) is 6.43. The van der Waals surface area contributed by atoms with Crippen LogP contribution in [0.5, 0.6) is 0 Å². The van der Waals surface area contributed by atoms with Crippen LogP contribution in [-0.4, -0.2) is 0 Å². The third-order valence-corrected chi connectivity index (χ3v) is 6.43. The van der Waals surface area contributed by atoms with Gasteiger partial charge in [0.2, 0.25) is 0 Å². The normalized spacial score (nSPS) is 11.1. The molecule has 5 rings (SSSR count). The highest BCUT2D eigenvalue weighted by molar-refractivity contribution is 6.19. The Kier molecular flexibility index (Phi) is 4.99. The molecule has 5 aromatic carbocycles. The molecule has 0 fully saturated rings. The summed E-state index contributed by atoms with van der Waals surface area (Å²) in [5.74, 6) is 0.